The van der Waals surface area contributed by atoms with E-state index >= 15 is 0 Å². The molecule has 0 atom stereocenters. The van der Waals surface area contributed by atoms with Crippen LogP contribution >= 0.6 is 0 Å². The third-order valence-corrected chi connectivity index (χ3v) is 0.639. The summed E-state index contributed by atoms with van der Waals surface area (Å²) in [6, 6.07) is 0. The second-order valence-electron chi connectivity index (χ2n) is 1.81. The van der Waals surface area contributed by atoms with Crippen molar-refractivity contribution in [2.45, 2.75) is 20.3 Å². The molecule has 66 valence electrons. The Bertz CT molecular complexity index is 99.5. The van der Waals surface area contributed by atoms with Crippen LogP contribution in [0.4, 0.5) is 0 Å². The first kappa shape index (κ1) is 12.8. The van der Waals surface area contributed by atoms with Gasteiger partial charge in [-0.1, -0.05) is 13.0 Å². The molecule has 0 heterocycles. The van der Waals surface area contributed by atoms with E-state index in [9.17, 15) is 4.79 Å². The van der Waals surface area contributed by atoms with Crippen molar-refractivity contribution in [2.75, 3.05) is 13.2 Å². The van der Waals surface area contributed by atoms with Gasteiger partial charge in [0, 0.05) is 6.92 Å². The summed E-state index contributed by atoms with van der Waals surface area (Å²) in [7, 11) is 0. The average Bonchev–Trinajstić information content (AvgIpc) is 2.01. The number of ether oxygens (including phenoxy) is 1. The first-order chi connectivity index (χ1) is 5.18. The summed E-state index contributed by atoms with van der Waals surface area (Å²) < 4.78 is 4.55. The third kappa shape index (κ3) is 27.1. The Morgan fingerprint density at radius 2 is 2.18 bits per heavy atom. The van der Waals surface area contributed by atoms with Crippen LogP contribution < -0.4 is 0 Å². The van der Waals surface area contributed by atoms with Gasteiger partial charge in [-0.2, -0.15) is 0 Å². The summed E-state index contributed by atoms with van der Waals surface area (Å²) in [6.07, 6.45) is 2.33. The zero-order chi connectivity index (χ0) is 9.11. The highest BCUT2D eigenvalue weighted by Crippen LogP contribution is 1.78. The van der Waals surface area contributed by atoms with Crippen molar-refractivity contribution in [1.82, 2.24) is 0 Å². The van der Waals surface area contributed by atoms with E-state index in [1.807, 2.05) is 6.92 Å². The predicted molar refractivity (Wildman–Crippen MR) is 44.2 cm³/mol. The number of hydrogen-bond acceptors (Lipinski definition) is 3. The molecule has 0 rings (SSSR count). The number of hydrogen-bond donors (Lipinski definition) is 1. The van der Waals surface area contributed by atoms with Crippen molar-refractivity contribution in [3.05, 3.63) is 12.7 Å². The molecule has 0 aliphatic rings. The van der Waals surface area contributed by atoms with Gasteiger partial charge in [0.25, 0.3) is 0 Å². The topological polar surface area (TPSA) is 46.5 Å². The maximum atomic E-state index is 9.98. The molecule has 3 heteroatoms. The van der Waals surface area contributed by atoms with Gasteiger partial charge in [0.15, 0.2) is 0 Å². The third-order valence-electron chi connectivity index (χ3n) is 0.639. The highest BCUT2D eigenvalue weighted by atomic mass is 16.5. The van der Waals surface area contributed by atoms with Crippen molar-refractivity contribution < 1.29 is 14.6 Å². The van der Waals surface area contributed by atoms with Crippen LogP contribution in [0.15, 0.2) is 12.7 Å². The lowest BCUT2D eigenvalue weighted by atomic mass is 10.5. The summed E-state index contributed by atoms with van der Waals surface area (Å²) in [4.78, 5) is 9.98. The number of esters is 1. The van der Waals surface area contributed by atoms with Crippen LogP contribution in [0.25, 0.3) is 0 Å². The highest BCUT2D eigenvalue weighted by molar-refractivity contribution is 5.65. The molecule has 0 unspecified atom stereocenters. The van der Waals surface area contributed by atoms with Gasteiger partial charge in [-0.25, -0.2) is 0 Å². The number of aliphatic hydroxyl groups excluding tert-OH is 1. The monoisotopic (exact) mass is 160 g/mol. The van der Waals surface area contributed by atoms with Crippen LogP contribution in [-0.4, -0.2) is 24.3 Å². The van der Waals surface area contributed by atoms with Crippen LogP contribution in [0.2, 0.25) is 0 Å². The fourth-order valence-corrected chi connectivity index (χ4v) is 0.246. The summed E-state index contributed by atoms with van der Waals surface area (Å²) in [5.41, 5.74) is 0. The standard InChI is InChI=1S/C5H10O2.C3H6O/c1-3-4-7-5(2)6;1-2-3-4/h3-4H2,1-2H3;2,4H,1,3H2. The predicted octanol–water partition coefficient (Wildman–Crippen LogP) is 1.12. The molecule has 0 radical (unpaired) electrons. The molecule has 1 N–H and O–H groups in total. The van der Waals surface area contributed by atoms with E-state index in [2.05, 4.69) is 11.3 Å². The SMILES string of the molecule is C=CCO.CCCOC(C)=O. The van der Waals surface area contributed by atoms with E-state index in [-0.39, 0.29) is 12.6 Å². The van der Waals surface area contributed by atoms with E-state index in [1.165, 1.54) is 13.0 Å². The fraction of sp³-hybridized carbons (Fsp3) is 0.625. The first-order valence-electron chi connectivity index (χ1n) is 3.54. The van der Waals surface area contributed by atoms with Gasteiger partial charge in [0.2, 0.25) is 0 Å². The van der Waals surface area contributed by atoms with Crippen LogP contribution in [0.1, 0.15) is 20.3 Å². The zero-order valence-corrected chi connectivity index (χ0v) is 7.17. The van der Waals surface area contributed by atoms with E-state index in [0.29, 0.717) is 6.61 Å². The van der Waals surface area contributed by atoms with E-state index in [0.717, 1.165) is 6.42 Å². The van der Waals surface area contributed by atoms with Gasteiger partial charge in [0.05, 0.1) is 13.2 Å². The molecule has 0 aliphatic heterocycles. The van der Waals surface area contributed by atoms with Crippen LogP contribution in [0.3, 0.4) is 0 Å². The minimum atomic E-state index is -0.193. The van der Waals surface area contributed by atoms with E-state index < -0.39 is 0 Å². The maximum absolute atomic E-state index is 9.98. The maximum Gasteiger partial charge on any atom is 0.302 e. The van der Waals surface area contributed by atoms with Crippen molar-refractivity contribution in [3.8, 4) is 0 Å². The molecule has 0 aromatic carbocycles. The van der Waals surface area contributed by atoms with Crippen LogP contribution in [0, 0.1) is 0 Å². The van der Waals surface area contributed by atoms with E-state index in [4.69, 9.17) is 5.11 Å². The van der Waals surface area contributed by atoms with Crippen LogP contribution in [-0.2, 0) is 9.53 Å². The molecule has 0 spiro atoms. The number of carbonyl (C=O) groups is 1. The van der Waals surface area contributed by atoms with Gasteiger partial charge < -0.3 is 9.84 Å². The smallest absolute Gasteiger partial charge is 0.302 e. The Balaban J connectivity index is 0. The Kier molecular flexibility index (Phi) is 13.9. The van der Waals surface area contributed by atoms with Gasteiger partial charge in [-0.3, -0.25) is 4.79 Å². The molecule has 0 aromatic rings. The summed E-state index contributed by atoms with van der Waals surface area (Å²) in [5, 5.41) is 7.76. The molecule has 0 fully saturated rings. The van der Waals surface area contributed by atoms with Gasteiger partial charge in [0.1, 0.15) is 0 Å². The van der Waals surface area contributed by atoms with Crippen molar-refractivity contribution >= 4 is 5.97 Å². The second kappa shape index (κ2) is 11.9. The number of aliphatic hydroxyl groups is 1. The van der Waals surface area contributed by atoms with Crippen molar-refractivity contribution in [1.29, 1.82) is 0 Å². The summed E-state index contributed by atoms with van der Waals surface area (Å²) in [5.74, 6) is -0.193. The van der Waals surface area contributed by atoms with Gasteiger partial charge in [-0.15, -0.1) is 6.58 Å². The van der Waals surface area contributed by atoms with Crippen molar-refractivity contribution in [3.63, 3.8) is 0 Å². The molecule has 0 bridgehead atoms. The quantitative estimate of drug-likeness (QED) is 0.497. The molecule has 0 amide bonds. The zero-order valence-electron chi connectivity index (χ0n) is 7.17. The number of carbonyl (C=O) groups excluding carboxylic acids is 1. The molecule has 0 saturated heterocycles. The van der Waals surface area contributed by atoms with Gasteiger partial charge in [-0.05, 0) is 6.42 Å². The molecule has 11 heavy (non-hydrogen) atoms. The Labute approximate surface area is 67.7 Å². The molecular weight excluding hydrogens is 144 g/mol. The van der Waals surface area contributed by atoms with E-state index in [1.54, 1.807) is 0 Å². The normalized spacial score (nSPS) is 7.55. The molecule has 0 aromatic heterocycles. The molecular formula is C8H16O3. The minimum Gasteiger partial charge on any atom is -0.466 e. The Hall–Kier alpha value is -0.830. The molecule has 0 aliphatic carbocycles. The Morgan fingerprint density at radius 1 is 1.73 bits per heavy atom. The lowest BCUT2D eigenvalue weighted by Crippen LogP contribution is -1.98. The molecule has 3 nitrogen and oxygen atoms in total. The average molecular weight is 160 g/mol. The molecule has 0 saturated carbocycles. The fourth-order valence-electron chi connectivity index (χ4n) is 0.246. The van der Waals surface area contributed by atoms with Gasteiger partial charge >= 0.3 is 5.97 Å². The Morgan fingerprint density at radius 3 is 2.27 bits per heavy atom. The lowest BCUT2D eigenvalue weighted by molar-refractivity contribution is -0.140. The summed E-state index contributed by atoms with van der Waals surface area (Å²) >= 11 is 0. The van der Waals surface area contributed by atoms with Crippen LogP contribution in [0.5, 0.6) is 0 Å². The minimum absolute atomic E-state index is 0.0833. The lowest BCUT2D eigenvalue weighted by Gasteiger charge is -1.93. The largest absolute Gasteiger partial charge is 0.466 e. The second-order valence-corrected chi connectivity index (χ2v) is 1.81. The summed E-state index contributed by atoms with van der Waals surface area (Å²) in [6.45, 7) is 7.24. The number of rotatable bonds is 3. The first-order valence-corrected chi connectivity index (χ1v) is 3.54. The highest BCUT2D eigenvalue weighted by Gasteiger charge is 1.85. The van der Waals surface area contributed by atoms with Crippen molar-refractivity contribution in [2.24, 2.45) is 0 Å².